The Kier molecular flexibility index (Phi) is 3.24. The highest BCUT2D eigenvalue weighted by molar-refractivity contribution is 5.85. The molecule has 0 aliphatic carbocycles. The van der Waals surface area contributed by atoms with Crippen LogP contribution in [0.2, 0.25) is 0 Å². The maximum Gasteiger partial charge on any atom is 0.160 e. The molecular formula is C12H20ClNO3. The number of hydrogen-bond donors (Lipinski definition) is 3. The van der Waals surface area contributed by atoms with Gasteiger partial charge >= 0.3 is 0 Å². The zero-order valence-corrected chi connectivity index (χ0v) is 10.0. The van der Waals surface area contributed by atoms with E-state index in [1.54, 1.807) is 0 Å². The highest BCUT2D eigenvalue weighted by Crippen LogP contribution is 2.28. The molecule has 0 aromatic heterocycles. The lowest BCUT2D eigenvalue weighted by Crippen LogP contribution is -2.27. The molecule has 0 saturated carbocycles. The Hall–Kier alpha value is -0.970. The SMILES string of the molecule is Cl.[2H]C([2H])([2H])C([2H])(NCC(O)c1ccc(OC)c(O)c1)C([2H])([2H])[2H]. The van der Waals surface area contributed by atoms with Crippen LogP contribution < -0.4 is 10.1 Å². The number of aliphatic hydroxyl groups excluding tert-OH is 1. The van der Waals surface area contributed by atoms with Gasteiger partial charge in [-0.25, -0.2) is 0 Å². The number of halogens is 1. The topological polar surface area (TPSA) is 61.7 Å². The first-order chi connectivity index (χ1) is 10.3. The van der Waals surface area contributed by atoms with Gasteiger partial charge in [-0.3, -0.25) is 0 Å². The van der Waals surface area contributed by atoms with E-state index in [-0.39, 0.29) is 29.5 Å². The Morgan fingerprint density at radius 2 is 2.24 bits per heavy atom. The standard InChI is InChI=1S/C12H19NO3.ClH/c1-8(2)13-7-11(15)9-4-5-12(16-3)10(14)6-9;/h4-6,8,11,13-15H,7H2,1-3H3;1H/i1D3,2D3,8D;. The lowest BCUT2D eigenvalue weighted by atomic mass is 10.1. The number of aliphatic hydroxyl groups is 1. The maximum absolute atomic E-state index is 10.0. The van der Waals surface area contributed by atoms with E-state index in [1.165, 1.54) is 25.3 Å². The van der Waals surface area contributed by atoms with Crippen molar-refractivity contribution in [3.63, 3.8) is 0 Å². The zero-order chi connectivity index (χ0) is 18.1. The molecule has 1 rings (SSSR count). The molecule has 1 unspecified atom stereocenters. The van der Waals surface area contributed by atoms with E-state index in [4.69, 9.17) is 14.3 Å². The average Bonchev–Trinajstić information content (AvgIpc) is 2.41. The molecular weight excluding hydrogens is 242 g/mol. The molecule has 3 N–H and O–H groups in total. The predicted molar refractivity (Wildman–Crippen MR) is 70.0 cm³/mol. The fourth-order valence-corrected chi connectivity index (χ4v) is 1.23. The summed E-state index contributed by atoms with van der Waals surface area (Å²) in [5.41, 5.74) is 0.217. The number of aromatic hydroxyl groups is 1. The van der Waals surface area contributed by atoms with Crippen molar-refractivity contribution in [2.45, 2.75) is 25.8 Å². The van der Waals surface area contributed by atoms with Gasteiger partial charge in [0.25, 0.3) is 0 Å². The van der Waals surface area contributed by atoms with Crippen molar-refractivity contribution in [2.24, 2.45) is 0 Å². The molecule has 0 amide bonds. The van der Waals surface area contributed by atoms with Crippen molar-refractivity contribution in [3.05, 3.63) is 23.8 Å². The van der Waals surface area contributed by atoms with Gasteiger partial charge in [-0.05, 0) is 17.7 Å². The number of nitrogens with one attached hydrogen (secondary N) is 1. The third kappa shape index (κ3) is 4.81. The highest BCUT2D eigenvalue weighted by atomic mass is 35.5. The number of benzene rings is 1. The van der Waals surface area contributed by atoms with E-state index in [0.717, 1.165) is 0 Å². The van der Waals surface area contributed by atoms with Crippen molar-refractivity contribution in [3.8, 4) is 11.5 Å². The van der Waals surface area contributed by atoms with Crippen LogP contribution in [-0.4, -0.2) is 29.9 Å². The average molecular weight is 269 g/mol. The molecule has 0 radical (unpaired) electrons. The summed E-state index contributed by atoms with van der Waals surface area (Å²) in [5, 5.41) is 21.8. The van der Waals surface area contributed by atoms with Gasteiger partial charge in [-0.2, -0.15) is 0 Å². The molecule has 98 valence electrons. The summed E-state index contributed by atoms with van der Waals surface area (Å²) in [5.74, 6) is -0.0402. The van der Waals surface area contributed by atoms with Crippen LogP contribution in [0.25, 0.3) is 0 Å². The highest BCUT2D eigenvalue weighted by Gasteiger charge is 2.10. The summed E-state index contributed by atoms with van der Waals surface area (Å²) < 4.78 is 56.2. The Morgan fingerprint density at radius 1 is 1.53 bits per heavy atom. The number of methoxy groups -OCH3 is 1. The minimum Gasteiger partial charge on any atom is -0.504 e. The summed E-state index contributed by atoms with van der Waals surface area (Å²) in [6.07, 6.45) is -1.32. The molecule has 1 aromatic rings. The van der Waals surface area contributed by atoms with Crippen LogP contribution in [0.5, 0.6) is 11.5 Å². The van der Waals surface area contributed by atoms with Gasteiger partial charge in [0.15, 0.2) is 11.5 Å². The van der Waals surface area contributed by atoms with E-state index in [0.29, 0.717) is 0 Å². The summed E-state index contributed by atoms with van der Waals surface area (Å²) in [6.45, 7) is -6.74. The van der Waals surface area contributed by atoms with Crippen molar-refractivity contribution >= 4 is 12.4 Å². The Bertz CT molecular complexity index is 536. The minimum absolute atomic E-state index is 0. The van der Waals surface area contributed by atoms with Crippen molar-refractivity contribution < 1.29 is 24.5 Å². The molecule has 5 heteroatoms. The molecule has 0 heterocycles. The fraction of sp³-hybridized carbons (Fsp3) is 0.500. The molecule has 1 aromatic carbocycles. The number of phenolic OH excluding ortho intramolecular Hbond substituents is 1. The van der Waals surface area contributed by atoms with E-state index >= 15 is 0 Å². The first-order valence-corrected chi connectivity index (χ1v) is 4.63. The smallest absolute Gasteiger partial charge is 0.160 e. The quantitative estimate of drug-likeness (QED) is 0.763. The Morgan fingerprint density at radius 3 is 2.76 bits per heavy atom. The van der Waals surface area contributed by atoms with E-state index in [9.17, 15) is 10.2 Å². The van der Waals surface area contributed by atoms with Gasteiger partial charge in [0.05, 0.1) is 13.2 Å². The lowest BCUT2D eigenvalue weighted by molar-refractivity contribution is 0.171. The number of rotatable bonds is 5. The second-order valence-corrected chi connectivity index (χ2v) is 3.20. The number of phenols is 1. The van der Waals surface area contributed by atoms with Crippen molar-refractivity contribution in [2.75, 3.05) is 13.7 Å². The van der Waals surface area contributed by atoms with Gasteiger partial charge in [-0.1, -0.05) is 19.8 Å². The van der Waals surface area contributed by atoms with Crippen molar-refractivity contribution in [1.82, 2.24) is 5.32 Å². The van der Waals surface area contributed by atoms with Gasteiger partial charge < -0.3 is 20.3 Å². The van der Waals surface area contributed by atoms with Crippen molar-refractivity contribution in [1.29, 1.82) is 0 Å². The number of hydrogen-bond acceptors (Lipinski definition) is 4. The van der Waals surface area contributed by atoms with Crippen LogP contribution in [0.15, 0.2) is 18.2 Å². The van der Waals surface area contributed by atoms with Gasteiger partial charge in [0, 0.05) is 22.2 Å². The minimum atomic E-state index is -3.12. The molecule has 0 saturated heterocycles. The molecule has 0 bridgehead atoms. The zero-order valence-electron chi connectivity index (χ0n) is 16.2. The molecule has 0 fully saturated rings. The van der Waals surface area contributed by atoms with E-state index in [1.807, 2.05) is 0 Å². The third-order valence-electron chi connectivity index (χ3n) is 2.06. The lowest BCUT2D eigenvalue weighted by Gasteiger charge is -2.15. The Labute approximate surface area is 118 Å². The summed E-state index contributed by atoms with van der Waals surface area (Å²) in [4.78, 5) is 0. The Balaban J connectivity index is 0.00000529. The summed E-state index contributed by atoms with van der Waals surface area (Å²) >= 11 is 0. The monoisotopic (exact) mass is 268 g/mol. The predicted octanol–water partition coefficient (Wildman–Crippen LogP) is 1.85. The fourth-order valence-electron chi connectivity index (χ4n) is 1.23. The molecule has 0 aliphatic rings. The van der Waals surface area contributed by atoms with Gasteiger partial charge in [0.2, 0.25) is 0 Å². The van der Waals surface area contributed by atoms with Crippen LogP contribution in [0.3, 0.4) is 0 Å². The van der Waals surface area contributed by atoms with Crippen LogP contribution >= 0.6 is 12.4 Å². The number of ether oxygens (including phenoxy) is 1. The van der Waals surface area contributed by atoms with Gasteiger partial charge in [-0.15, -0.1) is 12.4 Å². The second kappa shape index (κ2) is 7.37. The third-order valence-corrected chi connectivity index (χ3v) is 2.06. The largest absolute Gasteiger partial charge is 0.504 e. The molecule has 0 aliphatic heterocycles. The van der Waals surface area contributed by atoms with Crippen LogP contribution in [0.1, 0.15) is 35.0 Å². The molecule has 17 heavy (non-hydrogen) atoms. The normalized spacial score (nSPS) is 20.2. The summed E-state index contributed by atoms with van der Waals surface area (Å²) in [6, 6.07) is 1.12. The van der Waals surface area contributed by atoms with Crippen LogP contribution in [0.4, 0.5) is 0 Å². The summed E-state index contributed by atoms with van der Waals surface area (Å²) in [7, 11) is 1.35. The molecule has 1 atom stereocenters. The first kappa shape index (κ1) is 7.46. The van der Waals surface area contributed by atoms with E-state index in [2.05, 4.69) is 5.32 Å². The van der Waals surface area contributed by atoms with Crippen LogP contribution in [0, 0.1) is 0 Å². The first-order valence-electron chi connectivity index (χ1n) is 8.13. The molecule has 0 spiro atoms. The second-order valence-electron chi connectivity index (χ2n) is 3.20. The van der Waals surface area contributed by atoms with Gasteiger partial charge in [0.1, 0.15) is 0 Å². The maximum atomic E-state index is 10.0. The molecule has 4 nitrogen and oxygen atoms in total. The van der Waals surface area contributed by atoms with E-state index < -0.39 is 32.4 Å². The van der Waals surface area contributed by atoms with Crippen LogP contribution in [-0.2, 0) is 0 Å².